The van der Waals surface area contributed by atoms with Gasteiger partial charge in [0.1, 0.15) is 0 Å². The zero-order valence-corrected chi connectivity index (χ0v) is 13.5. The van der Waals surface area contributed by atoms with Crippen molar-refractivity contribution in [3.63, 3.8) is 0 Å². The van der Waals surface area contributed by atoms with Gasteiger partial charge in [-0.1, -0.05) is 17.7 Å². The topological polar surface area (TPSA) is 49.4 Å². The van der Waals surface area contributed by atoms with E-state index in [1.165, 1.54) is 0 Å². The van der Waals surface area contributed by atoms with Crippen molar-refractivity contribution < 1.29 is 9.00 Å². The molecule has 0 bridgehead atoms. The lowest BCUT2D eigenvalue weighted by Crippen LogP contribution is -2.53. The van der Waals surface area contributed by atoms with E-state index in [0.29, 0.717) is 29.6 Å². The molecular formula is C14H19ClN2O2S. The molecular weight excluding hydrogens is 296 g/mol. The molecule has 1 atom stereocenters. The number of aryl methyl sites for hydroxylation is 1. The molecule has 0 saturated carbocycles. The summed E-state index contributed by atoms with van der Waals surface area (Å²) in [5, 5.41) is 3.35. The van der Waals surface area contributed by atoms with Crippen molar-refractivity contribution >= 4 is 34.1 Å². The van der Waals surface area contributed by atoms with Crippen molar-refractivity contribution in [2.45, 2.75) is 25.5 Å². The van der Waals surface area contributed by atoms with Gasteiger partial charge >= 0.3 is 6.03 Å². The van der Waals surface area contributed by atoms with Crippen molar-refractivity contribution in [3.05, 3.63) is 28.8 Å². The van der Waals surface area contributed by atoms with Crippen molar-refractivity contribution in [1.82, 2.24) is 4.90 Å². The molecule has 1 aromatic rings. The molecule has 2 rings (SSSR count). The number of carbonyl (C=O) groups is 1. The number of hydrogen-bond donors (Lipinski definition) is 1. The second kappa shape index (κ2) is 5.74. The van der Waals surface area contributed by atoms with Gasteiger partial charge in [0.05, 0.1) is 15.5 Å². The number of carbonyl (C=O) groups excluding carboxylic acids is 1. The van der Waals surface area contributed by atoms with Gasteiger partial charge in [-0.3, -0.25) is 4.21 Å². The van der Waals surface area contributed by atoms with Crippen LogP contribution in [0.15, 0.2) is 18.2 Å². The predicted octanol–water partition coefficient (Wildman–Crippen LogP) is 3.02. The Morgan fingerprint density at radius 2 is 2.15 bits per heavy atom. The highest BCUT2D eigenvalue weighted by atomic mass is 35.5. The maximum Gasteiger partial charge on any atom is 0.321 e. The smallest absolute Gasteiger partial charge is 0.321 e. The van der Waals surface area contributed by atoms with Crippen LogP contribution in [-0.4, -0.2) is 38.7 Å². The summed E-state index contributed by atoms with van der Waals surface area (Å²) in [4.78, 5) is 14.0. The van der Waals surface area contributed by atoms with E-state index in [2.05, 4.69) is 5.32 Å². The number of benzene rings is 1. The minimum absolute atomic E-state index is 0.192. The van der Waals surface area contributed by atoms with Crippen LogP contribution in [0.25, 0.3) is 0 Å². The number of nitrogens with one attached hydrogen (secondary N) is 1. The maximum absolute atomic E-state index is 12.3. The number of anilines is 1. The van der Waals surface area contributed by atoms with Crippen molar-refractivity contribution in [1.29, 1.82) is 0 Å². The second-order valence-electron chi connectivity index (χ2n) is 5.64. The van der Waals surface area contributed by atoms with Gasteiger partial charge in [-0.15, -0.1) is 0 Å². The minimum atomic E-state index is -0.890. The molecule has 2 amide bonds. The molecule has 1 saturated heterocycles. The predicted molar refractivity (Wildman–Crippen MR) is 83.9 cm³/mol. The lowest BCUT2D eigenvalue weighted by Gasteiger charge is -2.37. The highest BCUT2D eigenvalue weighted by molar-refractivity contribution is 7.86. The van der Waals surface area contributed by atoms with E-state index in [0.717, 1.165) is 5.56 Å². The van der Waals surface area contributed by atoms with Gasteiger partial charge in [-0.25, -0.2) is 4.79 Å². The van der Waals surface area contributed by atoms with Gasteiger partial charge in [-0.05, 0) is 38.5 Å². The van der Waals surface area contributed by atoms with Gasteiger partial charge in [0.2, 0.25) is 0 Å². The maximum atomic E-state index is 12.3. The number of urea groups is 1. The van der Waals surface area contributed by atoms with Crippen molar-refractivity contribution in [2.24, 2.45) is 0 Å². The summed E-state index contributed by atoms with van der Waals surface area (Å²) >= 11 is 6.08. The summed E-state index contributed by atoms with van der Waals surface area (Å²) < 4.78 is 11.5. The molecule has 20 heavy (non-hydrogen) atoms. The Kier molecular flexibility index (Phi) is 4.39. The van der Waals surface area contributed by atoms with Gasteiger partial charge in [0, 0.05) is 29.6 Å². The molecule has 1 N–H and O–H groups in total. The lowest BCUT2D eigenvalue weighted by molar-refractivity contribution is 0.207. The number of amides is 2. The van der Waals surface area contributed by atoms with Crippen LogP contribution in [0.2, 0.25) is 5.02 Å². The summed E-state index contributed by atoms with van der Waals surface area (Å²) in [6.07, 6.45) is 0. The van der Waals surface area contributed by atoms with E-state index in [-0.39, 0.29) is 10.8 Å². The van der Waals surface area contributed by atoms with Gasteiger partial charge < -0.3 is 10.2 Å². The molecule has 0 radical (unpaired) electrons. The van der Waals surface area contributed by atoms with E-state index >= 15 is 0 Å². The van der Waals surface area contributed by atoms with Gasteiger partial charge in [0.15, 0.2) is 0 Å². The van der Waals surface area contributed by atoms with Crippen LogP contribution in [0.3, 0.4) is 0 Å². The van der Waals surface area contributed by atoms with Gasteiger partial charge in [-0.2, -0.15) is 0 Å². The highest BCUT2D eigenvalue weighted by Gasteiger charge is 2.35. The molecule has 0 spiro atoms. The van der Waals surface area contributed by atoms with Crippen LogP contribution in [0.5, 0.6) is 0 Å². The SMILES string of the molecule is Cc1ccc(Cl)c(NC(=O)N2CC[S@](=O)C(C)(C)C2)c1. The minimum Gasteiger partial charge on any atom is -0.322 e. The Hall–Kier alpha value is -1.07. The Bertz CT molecular complexity index is 560. The number of rotatable bonds is 1. The fourth-order valence-electron chi connectivity index (χ4n) is 2.18. The van der Waals surface area contributed by atoms with Crippen LogP contribution in [-0.2, 0) is 10.8 Å². The Labute approximate surface area is 126 Å². The van der Waals surface area contributed by atoms with Crippen LogP contribution in [0.4, 0.5) is 10.5 Å². The fourth-order valence-corrected chi connectivity index (χ4v) is 3.59. The first-order valence-electron chi connectivity index (χ1n) is 6.50. The fraction of sp³-hybridized carbons (Fsp3) is 0.500. The molecule has 0 unspecified atom stereocenters. The van der Waals surface area contributed by atoms with E-state index < -0.39 is 10.8 Å². The number of hydrogen-bond acceptors (Lipinski definition) is 2. The van der Waals surface area contributed by atoms with Crippen LogP contribution in [0, 0.1) is 6.92 Å². The molecule has 1 fully saturated rings. The third kappa shape index (κ3) is 3.33. The van der Waals surface area contributed by atoms with Crippen LogP contribution in [0.1, 0.15) is 19.4 Å². The first-order valence-corrected chi connectivity index (χ1v) is 8.20. The largest absolute Gasteiger partial charge is 0.322 e. The first-order chi connectivity index (χ1) is 9.29. The normalized spacial score (nSPS) is 21.6. The molecule has 0 aliphatic carbocycles. The Balaban J connectivity index is 2.09. The summed E-state index contributed by atoms with van der Waals surface area (Å²) in [5.74, 6) is 0.516. The zero-order chi connectivity index (χ0) is 14.9. The van der Waals surface area contributed by atoms with Crippen LogP contribution < -0.4 is 5.32 Å². The quantitative estimate of drug-likeness (QED) is 0.866. The zero-order valence-electron chi connectivity index (χ0n) is 11.9. The summed E-state index contributed by atoms with van der Waals surface area (Å²) in [7, 11) is -0.890. The summed E-state index contributed by atoms with van der Waals surface area (Å²) in [6, 6.07) is 5.31. The van der Waals surface area contributed by atoms with E-state index in [4.69, 9.17) is 11.6 Å². The Morgan fingerprint density at radius 3 is 2.80 bits per heavy atom. The second-order valence-corrected chi connectivity index (χ2v) is 8.26. The van der Waals surface area contributed by atoms with E-state index in [9.17, 15) is 9.00 Å². The molecule has 0 aromatic heterocycles. The molecule has 110 valence electrons. The molecule has 1 heterocycles. The van der Waals surface area contributed by atoms with E-state index in [1.54, 1.807) is 11.0 Å². The molecule has 1 aliphatic rings. The molecule has 1 aliphatic heterocycles. The summed E-state index contributed by atoms with van der Waals surface area (Å²) in [6.45, 7) is 6.77. The molecule has 6 heteroatoms. The highest BCUT2D eigenvalue weighted by Crippen LogP contribution is 2.25. The van der Waals surface area contributed by atoms with Crippen molar-refractivity contribution in [3.8, 4) is 0 Å². The third-order valence-electron chi connectivity index (χ3n) is 3.39. The number of halogens is 1. The lowest BCUT2D eigenvalue weighted by atomic mass is 10.2. The average Bonchev–Trinajstić information content (AvgIpc) is 2.37. The van der Waals surface area contributed by atoms with Crippen molar-refractivity contribution in [2.75, 3.05) is 24.2 Å². The first kappa shape index (κ1) is 15.3. The Morgan fingerprint density at radius 1 is 1.45 bits per heavy atom. The molecule has 1 aromatic carbocycles. The number of nitrogens with zero attached hydrogens (tertiary/aromatic N) is 1. The van der Waals surface area contributed by atoms with Gasteiger partial charge in [0.25, 0.3) is 0 Å². The average molecular weight is 315 g/mol. The standard InChI is InChI=1S/C14H19ClN2O2S/c1-10-4-5-11(15)12(8-10)16-13(18)17-6-7-20(19)14(2,3)9-17/h4-5,8H,6-7,9H2,1-3H3,(H,16,18)/t20-/m0/s1. The molecule has 4 nitrogen and oxygen atoms in total. The van der Waals surface area contributed by atoms with Crippen LogP contribution >= 0.6 is 11.6 Å². The summed E-state index contributed by atoms with van der Waals surface area (Å²) in [5.41, 5.74) is 1.64. The third-order valence-corrected chi connectivity index (χ3v) is 5.63. The van der Waals surface area contributed by atoms with E-state index in [1.807, 2.05) is 32.9 Å². The monoisotopic (exact) mass is 314 g/mol.